The highest BCUT2D eigenvalue weighted by atomic mass is 16.1. The Bertz CT molecular complexity index is 1660. The van der Waals surface area contributed by atoms with Crippen LogP contribution in [0.3, 0.4) is 0 Å². The lowest BCUT2D eigenvalue weighted by Crippen LogP contribution is -2.24. The third-order valence-electron chi connectivity index (χ3n) is 7.09. The Morgan fingerprint density at radius 1 is 1.07 bits per heavy atom. The van der Waals surface area contributed by atoms with Gasteiger partial charge in [-0.05, 0) is 36.8 Å². The molecule has 1 aliphatic rings. The first-order valence-electron chi connectivity index (χ1n) is 13.5. The van der Waals surface area contributed by atoms with Gasteiger partial charge in [0.25, 0.3) is 5.91 Å². The third kappa shape index (κ3) is 5.61. The van der Waals surface area contributed by atoms with Crippen molar-refractivity contribution in [1.82, 2.24) is 30.0 Å². The predicted molar refractivity (Wildman–Crippen MR) is 161 cm³/mol. The van der Waals surface area contributed by atoms with Crippen LogP contribution in [0.4, 0.5) is 5.82 Å². The molecule has 3 heterocycles. The number of nitrogens with two attached hydrogens (primary N) is 1. The smallest absolute Gasteiger partial charge is 0.270 e. The Kier molecular flexibility index (Phi) is 8.25. The SMILES string of the molecule is C=C/C=C\C.Nc1ncnc2c1c(-c1ccc(CNC(=O)c3nccc4ccccc34)cc1)nn2C1CCCC1. The van der Waals surface area contributed by atoms with E-state index < -0.39 is 0 Å². The van der Waals surface area contributed by atoms with Crippen LogP contribution < -0.4 is 11.1 Å². The van der Waals surface area contributed by atoms with Crippen molar-refractivity contribution in [2.45, 2.75) is 45.2 Å². The number of nitrogen functional groups attached to an aromatic ring is 1. The molecular weight excluding hydrogens is 498 g/mol. The van der Waals surface area contributed by atoms with Crippen LogP contribution >= 0.6 is 0 Å². The number of hydrogen-bond acceptors (Lipinski definition) is 6. The van der Waals surface area contributed by atoms with Crippen LogP contribution in [-0.4, -0.2) is 30.6 Å². The summed E-state index contributed by atoms with van der Waals surface area (Å²) in [4.78, 5) is 25.8. The molecule has 2 aromatic carbocycles. The van der Waals surface area contributed by atoms with E-state index in [0.29, 0.717) is 24.1 Å². The summed E-state index contributed by atoms with van der Waals surface area (Å²) in [7, 11) is 0. The molecule has 1 aliphatic carbocycles. The largest absolute Gasteiger partial charge is 0.383 e. The van der Waals surface area contributed by atoms with Crippen LogP contribution in [0.15, 0.2) is 91.9 Å². The van der Waals surface area contributed by atoms with Crippen molar-refractivity contribution in [1.29, 1.82) is 0 Å². The molecule has 0 spiro atoms. The summed E-state index contributed by atoms with van der Waals surface area (Å²) in [6, 6.07) is 18.0. The fraction of sp³-hybridized carbons (Fsp3) is 0.219. The summed E-state index contributed by atoms with van der Waals surface area (Å²) in [6.07, 6.45) is 13.4. The van der Waals surface area contributed by atoms with Gasteiger partial charge < -0.3 is 11.1 Å². The number of carbonyl (C=O) groups excluding carboxylic acids is 1. The van der Waals surface area contributed by atoms with Gasteiger partial charge in [0.15, 0.2) is 5.65 Å². The van der Waals surface area contributed by atoms with Crippen molar-refractivity contribution in [2.24, 2.45) is 0 Å². The highest BCUT2D eigenvalue weighted by Crippen LogP contribution is 2.36. The molecule has 40 heavy (non-hydrogen) atoms. The zero-order chi connectivity index (χ0) is 27.9. The number of pyridine rings is 1. The minimum absolute atomic E-state index is 0.197. The van der Waals surface area contributed by atoms with E-state index >= 15 is 0 Å². The molecule has 0 atom stereocenters. The fourth-order valence-electron chi connectivity index (χ4n) is 5.08. The van der Waals surface area contributed by atoms with Crippen LogP contribution in [0.2, 0.25) is 0 Å². The molecule has 8 nitrogen and oxygen atoms in total. The molecule has 3 N–H and O–H groups in total. The van der Waals surface area contributed by atoms with Gasteiger partial charge in [0.1, 0.15) is 23.5 Å². The highest BCUT2D eigenvalue weighted by molar-refractivity contribution is 6.05. The first-order valence-corrected chi connectivity index (χ1v) is 13.5. The van der Waals surface area contributed by atoms with Crippen LogP contribution in [-0.2, 0) is 6.54 Å². The monoisotopic (exact) mass is 531 g/mol. The second kappa shape index (κ2) is 12.3. The van der Waals surface area contributed by atoms with Crippen LogP contribution in [0.1, 0.15) is 54.7 Å². The van der Waals surface area contributed by atoms with E-state index in [2.05, 4.69) is 26.8 Å². The number of anilines is 1. The van der Waals surface area contributed by atoms with Gasteiger partial charge in [-0.3, -0.25) is 9.78 Å². The molecule has 0 aliphatic heterocycles. The minimum atomic E-state index is -0.197. The second-order valence-corrected chi connectivity index (χ2v) is 9.71. The summed E-state index contributed by atoms with van der Waals surface area (Å²) in [5, 5.41) is 10.5. The van der Waals surface area contributed by atoms with Crippen molar-refractivity contribution in [3.05, 3.63) is 103 Å². The second-order valence-electron chi connectivity index (χ2n) is 9.71. The first kappa shape index (κ1) is 26.7. The lowest BCUT2D eigenvalue weighted by atomic mass is 10.1. The lowest BCUT2D eigenvalue weighted by Gasteiger charge is -2.10. The molecule has 0 bridgehead atoms. The van der Waals surface area contributed by atoms with E-state index in [1.807, 2.05) is 78.4 Å². The number of nitrogens with one attached hydrogen (secondary N) is 1. The van der Waals surface area contributed by atoms with E-state index in [4.69, 9.17) is 10.8 Å². The van der Waals surface area contributed by atoms with Crippen LogP contribution in [0.25, 0.3) is 33.1 Å². The van der Waals surface area contributed by atoms with Gasteiger partial charge >= 0.3 is 0 Å². The summed E-state index contributed by atoms with van der Waals surface area (Å²) in [6.45, 7) is 5.82. The number of aromatic nitrogens is 5. The van der Waals surface area contributed by atoms with Gasteiger partial charge in [0.2, 0.25) is 0 Å². The molecule has 3 aromatic heterocycles. The number of benzene rings is 2. The molecule has 1 saturated carbocycles. The molecule has 0 saturated heterocycles. The van der Waals surface area contributed by atoms with E-state index in [-0.39, 0.29) is 5.91 Å². The predicted octanol–water partition coefficient (Wildman–Crippen LogP) is 6.42. The Balaban J connectivity index is 0.000000595. The van der Waals surface area contributed by atoms with Crippen LogP contribution in [0.5, 0.6) is 0 Å². The molecule has 0 unspecified atom stereocenters. The minimum Gasteiger partial charge on any atom is -0.383 e. The van der Waals surface area contributed by atoms with E-state index in [1.54, 1.807) is 12.3 Å². The summed E-state index contributed by atoms with van der Waals surface area (Å²) in [5.74, 6) is 0.241. The highest BCUT2D eigenvalue weighted by Gasteiger charge is 2.24. The number of hydrogen-bond donors (Lipinski definition) is 2. The molecular formula is C32H33N7O. The number of fused-ring (bicyclic) bond motifs is 2. The zero-order valence-electron chi connectivity index (χ0n) is 22.6. The molecule has 1 amide bonds. The topological polar surface area (TPSA) is 112 Å². The van der Waals surface area contributed by atoms with Crippen molar-refractivity contribution in [3.8, 4) is 11.3 Å². The van der Waals surface area contributed by atoms with E-state index in [9.17, 15) is 4.79 Å². The number of rotatable bonds is 6. The third-order valence-corrected chi connectivity index (χ3v) is 7.09. The molecule has 5 aromatic rings. The molecule has 1 fully saturated rings. The zero-order valence-corrected chi connectivity index (χ0v) is 22.6. The van der Waals surface area contributed by atoms with Crippen molar-refractivity contribution in [3.63, 3.8) is 0 Å². The maximum absolute atomic E-state index is 12.8. The van der Waals surface area contributed by atoms with Gasteiger partial charge in [0.05, 0.1) is 11.4 Å². The number of amides is 1. The fourth-order valence-corrected chi connectivity index (χ4v) is 5.08. The van der Waals surface area contributed by atoms with E-state index in [0.717, 1.165) is 51.5 Å². The normalized spacial score (nSPS) is 13.4. The summed E-state index contributed by atoms with van der Waals surface area (Å²) < 4.78 is 2.03. The number of nitrogens with zero attached hydrogens (tertiary/aromatic N) is 5. The van der Waals surface area contributed by atoms with Gasteiger partial charge in [-0.2, -0.15) is 5.10 Å². The lowest BCUT2D eigenvalue weighted by molar-refractivity contribution is 0.0948. The quantitative estimate of drug-likeness (QED) is 0.245. The summed E-state index contributed by atoms with van der Waals surface area (Å²) >= 11 is 0. The first-order chi connectivity index (χ1) is 19.6. The van der Waals surface area contributed by atoms with Gasteiger partial charge in [-0.15, -0.1) is 0 Å². The molecule has 202 valence electrons. The Morgan fingerprint density at radius 3 is 2.58 bits per heavy atom. The average Bonchev–Trinajstić information content (AvgIpc) is 3.66. The van der Waals surface area contributed by atoms with Crippen molar-refractivity contribution in [2.75, 3.05) is 5.73 Å². The van der Waals surface area contributed by atoms with Crippen LogP contribution in [0, 0.1) is 0 Å². The Hall–Kier alpha value is -4.85. The molecule has 8 heteroatoms. The number of allylic oxidation sites excluding steroid dienone is 3. The Morgan fingerprint density at radius 2 is 1.85 bits per heavy atom. The molecule has 0 radical (unpaired) electrons. The number of carbonyl (C=O) groups is 1. The average molecular weight is 532 g/mol. The van der Waals surface area contributed by atoms with Gasteiger partial charge in [-0.1, -0.05) is 86.2 Å². The van der Waals surface area contributed by atoms with E-state index in [1.165, 1.54) is 19.2 Å². The molecule has 6 rings (SSSR count). The summed E-state index contributed by atoms with van der Waals surface area (Å²) in [5.41, 5.74) is 10.2. The Labute approximate surface area is 233 Å². The van der Waals surface area contributed by atoms with Crippen molar-refractivity contribution < 1.29 is 4.79 Å². The van der Waals surface area contributed by atoms with Gasteiger partial charge in [-0.25, -0.2) is 14.6 Å². The maximum Gasteiger partial charge on any atom is 0.270 e. The van der Waals surface area contributed by atoms with Gasteiger partial charge in [0, 0.05) is 23.7 Å². The van der Waals surface area contributed by atoms with Crippen molar-refractivity contribution >= 4 is 33.5 Å². The maximum atomic E-state index is 12.8. The standard InChI is InChI=1S/C27H25N7O.C5H8/c28-25-22-23(33-34(20-6-2-3-7-20)26(22)32-16-31-25)19-11-9-17(10-12-19)15-30-27(35)24-21-8-4-1-5-18(21)13-14-29-24;1-3-5-4-2/h1,4-5,8-14,16,20H,2-3,6-7,15H2,(H,30,35)(H2,28,31,32);3-5H,1H2,2H3/b;5-4-.